The van der Waals surface area contributed by atoms with Gasteiger partial charge in [0.25, 0.3) is 5.91 Å². The van der Waals surface area contributed by atoms with Crippen molar-refractivity contribution in [2.24, 2.45) is 0 Å². The SMILES string of the molecule is CCOCCOC(C)C(=O)Nc1ccc(N2CCCS2(=O)=O)cc1. The van der Waals surface area contributed by atoms with Crippen molar-refractivity contribution < 1.29 is 22.7 Å². The summed E-state index contributed by atoms with van der Waals surface area (Å²) >= 11 is 0. The van der Waals surface area contributed by atoms with Gasteiger partial charge in [0.2, 0.25) is 10.0 Å². The fraction of sp³-hybridized carbons (Fsp3) is 0.562. The van der Waals surface area contributed by atoms with Crippen molar-refractivity contribution in [2.75, 3.05) is 41.7 Å². The normalized spacial score (nSPS) is 17.7. The number of amides is 1. The van der Waals surface area contributed by atoms with Crippen molar-refractivity contribution in [1.82, 2.24) is 0 Å². The van der Waals surface area contributed by atoms with Crippen molar-refractivity contribution in [1.29, 1.82) is 0 Å². The van der Waals surface area contributed by atoms with Crippen molar-refractivity contribution in [3.05, 3.63) is 24.3 Å². The third-order valence-corrected chi connectivity index (χ3v) is 5.56. The van der Waals surface area contributed by atoms with Gasteiger partial charge in [0.1, 0.15) is 6.10 Å². The number of ether oxygens (including phenoxy) is 2. The minimum absolute atomic E-state index is 0.183. The molecule has 1 heterocycles. The highest BCUT2D eigenvalue weighted by Crippen LogP contribution is 2.25. The second-order valence-corrected chi connectivity index (χ2v) is 7.50. The Morgan fingerprint density at radius 1 is 1.29 bits per heavy atom. The fourth-order valence-corrected chi connectivity index (χ4v) is 3.95. The molecule has 0 spiro atoms. The van der Waals surface area contributed by atoms with E-state index in [0.717, 1.165) is 0 Å². The summed E-state index contributed by atoms with van der Waals surface area (Å²) in [6.07, 6.45) is 0.0429. The van der Waals surface area contributed by atoms with E-state index in [-0.39, 0.29) is 11.7 Å². The molecule has 1 aliphatic heterocycles. The maximum atomic E-state index is 12.0. The summed E-state index contributed by atoms with van der Waals surface area (Å²) in [5.41, 5.74) is 1.21. The van der Waals surface area contributed by atoms with Crippen LogP contribution in [-0.4, -0.2) is 52.5 Å². The maximum Gasteiger partial charge on any atom is 0.253 e. The molecule has 1 fully saturated rings. The number of rotatable bonds is 8. The van der Waals surface area contributed by atoms with Gasteiger partial charge in [-0.25, -0.2) is 8.42 Å². The van der Waals surface area contributed by atoms with Crippen LogP contribution >= 0.6 is 0 Å². The zero-order chi connectivity index (χ0) is 17.6. The summed E-state index contributed by atoms with van der Waals surface area (Å²) in [5.74, 6) is -0.0738. The quantitative estimate of drug-likeness (QED) is 0.715. The number of hydrogen-bond acceptors (Lipinski definition) is 5. The highest BCUT2D eigenvalue weighted by atomic mass is 32.2. The first-order valence-corrected chi connectivity index (χ1v) is 9.65. The van der Waals surface area contributed by atoms with Gasteiger partial charge in [-0.3, -0.25) is 9.10 Å². The molecule has 1 aliphatic rings. The van der Waals surface area contributed by atoms with E-state index in [4.69, 9.17) is 9.47 Å². The van der Waals surface area contributed by atoms with Crippen LogP contribution in [0.5, 0.6) is 0 Å². The summed E-state index contributed by atoms with van der Waals surface area (Å²) in [7, 11) is -3.19. The van der Waals surface area contributed by atoms with Gasteiger partial charge in [0.05, 0.1) is 24.7 Å². The molecule has 0 bridgehead atoms. The summed E-state index contributed by atoms with van der Waals surface area (Å²) in [6, 6.07) is 6.76. The highest BCUT2D eigenvalue weighted by Gasteiger charge is 2.28. The van der Waals surface area contributed by atoms with E-state index >= 15 is 0 Å². The third kappa shape index (κ3) is 4.93. The van der Waals surface area contributed by atoms with Crippen LogP contribution < -0.4 is 9.62 Å². The summed E-state index contributed by atoms with van der Waals surface area (Å²) in [4.78, 5) is 12.0. The lowest BCUT2D eigenvalue weighted by molar-refractivity contribution is -0.127. The van der Waals surface area contributed by atoms with E-state index in [0.29, 0.717) is 44.2 Å². The van der Waals surface area contributed by atoms with Crippen LogP contribution in [0.2, 0.25) is 0 Å². The molecule has 24 heavy (non-hydrogen) atoms. The van der Waals surface area contributed by atoms with Crippen LogP contribution in [0.1, 0.15) is 20.3 Å². The fourth-order valence-electron chi connectivity index (χ4n) is 2.39. The molecular formula is C16H24N2O5S. The number of carbonyl (C=O) groups is 1. The molecule has 134 valence electrons. The average Bonchev–Trinajstić information content (AvgIpc) is 2.91. The number of benzene rings is 1. The molecular weight excluding hydrogens is 332 g/mol. The molecule has 1 N–H and O–H groups in total. The molecule has 1 amide bonds. The Morgan fingerprint density at radius 3 is 2.58 bits per heavy atom. The second-order valence-electron chi connectivity index (χ2n) is 5.49. The molecule has 1 unspecified atom stereocenters. The van der Waals surface area contributed by atoms with Gasteiger partial charge < -0.3 is 14.8 Å². The lowest BCUT2D eigenvalue weighted by Gasteiger charge is -2.18. The molecule has 0 aromatic heterocycles. The van der Waals surface area contributed by atoms with Gasteiger partial charge in [-0.2, -0.15) is 0 Å². The first kappa shape index (κ1) is 18.7. The van der Waals surface area contributed by atoms with Crippen LogP contribution in [0.25, 0.3) is 0 Å². The third-order valence-electron chi connectivity index (χ3n) is 3.69. The smallest absolute Gasteiger partial charge is 0.253 e. The maximum absolute atomic E-state index is 12.0. The number of anilines is 2. The molecule has 0 saturated carbocycles. The zero-order valence-corrected chi connectivity index (χ0v) is 14.8. The topological polar surface area (TPSA) is 84.9 Å². The highest BCUT2D eigenvalue weighted by molar-refractivity contribution is 7.93. The van der Waals surface area contributed by atoms with Crippen molar-refractivity contribution in [2.45, 2.75) is 26.4 Å². The Bertz CT molecular complexity index is 645. The molecule has 1 saturated heterocycles. The van der Waals surface area contributed by atoms with E-state index in [1.807, 2.05) is 6.92 Å². The Balaban J connectivity index is 1.88. The molecule has 2 rings (SSSR count). The standard InChI is InChI=1S/C16H24N2O5S/c1-3-22-10-11-23-13(2)16(19)17-14-5-7-15(8-6-14)18-9-4-12-24(18,20)21/h5-8,13H,3-4,9-12H2,1-2H3,(H,17,19). The van der Waals surface area contributed by atoms with Crippen LogP contribution in [0.3, 0.4) is 0 Å². The van der Waals surface area contributed by atoms with Gasteiger partial charge in [0.15, 0.2) is 0 Å². The Hall–Kier alpha value is -1.64. The van der Waals surface area contributed by atoms with Crippen molar-refractivity contribution >= 4 is 27.3 Å². The number of nitrogens with zero attached hydrogens (tertiary/aromatic N) is 1. The van der Waals surface area contributed by atoms with Crippen molar-refractivity contribution in [3.8, 4) is 0 Å². The lowest BCUT2D eigenvalue weighted by atomic mass is 10.2. The number of hydrogen-bond donors (Lipinski definition) is 1. The molecule has 0 aliphatic carbocycles. The summed E-state index contributed by atoms with van der Waals surface area (Å²) in [6.45, 7) is 5.49. The lowest BCUT2D eigenvalue weighted by Crippen LogP contribution is -2.29. The van der Waals surface area contributed by atoms with Crippen LogP contribution in [0, 0.1) is 0 Å². The molecule has 0 radical (unpaired) electrons. The van der Waals surface area contributed by atoms with E-state index in [9.17, 15) is 13.2 Å². The summed E-state index contributed by atoms with van der Waals surface area (Å²) in [5, 5.41) is 2.75. The molecule has 1 aromatic rings. The number of nitrogens with one attached hydrogen (secondary N) is 1. The number of carbonyl (C=O) groups excluding carboxylic acids is 1. The first-order chi connectivity index (χ1) is 11.4. The van der Waals surface area contributed by atoms with Crippen LogP contribution in [-0.2, 0) is 24.3 Å². The largest absolute Gasteiger partial charge is 0.379 e. The van der Waals surface area contributed by atoms with Gasteiger partial charge in [-0.1, -0.05) is 0 Å². The van der Waals surface area contributed by atoms with Crippen molar-refractivity contribution in [3.63, 3.8) is 0 Å². The van der Waals surface area contributed by atoms with Crippen LogP contribution in [0.15, 0.2) is 24.3 Å². The predicted octanol–water partition coefficient (Wildman–Crippen LogP) is 1.61. The van der Waals surface area contributed by atoms with Gasteiger partial charge in [-0.15, -0.1) is 0 Å². The van der Waals surface area contributed by atoms with Gasteiger partial charge in [-0.05, 0) is 44.5 Å². The zero-order valence-electron chi connectivity index (χ0n) is 14.0. The predicted molar refractivity (Wildman–Crippen MR) is 92.7 cm³/mol. The Labute approximate surface area is 143 Å². The van der Waals surface area contributed by atoms with Crippen LogP contribution in [0.4, 0.5) is 11.4 Å². The van der Waals surface area contributed by atoms with E-state index in [1.54, 1.807) is 31.2 Å². The second kappa shape index (κ2) is 8.46. The molecule has 7 nitrogen and oxygen atoms in total. The Kier molecular flexibility index (Phi) is 6.59. The molecule has 8 heteroatoms. The van der Waals surface area contributed by atoms with Gasteiger partial charge in [0, 0.05) is 18.8 Å². The van der Waals surface area contributed by atoms with Gasteiger partial charge >= 0.3 is 0 Å². The van der Waals surface area contributed by atoms with E-state index in [1.165, 1.54) is 4.31 Å². The minimum Gasteiger partial charge on any atom is -0.379 e. The first-order valence-electron chi connectivity index (χ1n) is 8.04. The molecule has 1 atom stereocenters. The average molecular weight is 356 g/mol. The minimum atomic E-state index is -3.19. The number of sulfonamides is 1. The summed E-state index contributed by atoms with van der Waals surface area (Å²) < 4.78 is 35.7. The Morgan fingerprint density at radius 2 is 2.00 bits per heavy atom. The van der Waals surface area contributed by atoms with E-state index < -0.39 is 16.1 Å². The monoisotopic (exact) mass is 356 g/mol. The molecule has 1 aromatic carbocycles. The van der Waals surface area contributed by atoms with E-state index in [2.05, 4.69) is 5.32 Å².